The van der Waals surface area contributed by atoms with E-state index in [9.17, 15) is 22.0 Å². The number of hydrogen-bond acceptors (Lipinski definition) is 6. The van der Waals surface area contributed by atoms with Crippen molar-refractivity contribution in [2.24, 2.45) is 0 Å². The molecule has 0 saturated heterocycles. The largest absolute Gasteiger partial charge is 0.486 e. The molecule has 1 aromatic heterocycles. The first-order chi connectivity index (χ1) is 11.2. The Kier molecular flexibility index (Phi) is 6.33. The third-order valence-corrected chi connectivity index (χ3v) is 4.40. The van der Waals surface area contributed by atoms with Crippen LogP contribution in [0.1, 0.15) is 34.6 Å². The molecule has 0 aliphatic carbocycles. The Morgan fingerprint density at radius 3 is 2.36 bits per heavy atom. The van der Waals surface area contributed by atoms with Crippen molar-refractivity contribution in [3.8, 4) is 5.75 Å². The molecule has 10 heteroatoms. The normalized spacial score (nSPS) is 12.6. The van der Waals surface area contributed by atoms with Gasteiger partial charge in [-0.15, -0.1) is 0 Å². The van der Waals surface area contributed by atoms with Gasteiger partial charge in [-0.3, -0.25) is 5.32 Å². The minimum absolute atomic E-state index is 0.150. The van der Waals surface area contributed by atoms with E-state index in [0.717, 1.165) is 12.3 Å². The van der Waals surface area contributed by atoms with Gasteiger partial charge in [-0.05, 0) is 20.8 Å². The molecule has 25 heavy (non-hydrogen) atoms. The van der Waals surface area contributed by atoms with Gasteiger partial charge in [0.15, 0.2) is 22.3 Å². The summed E-state index contributed by atoms with van der Waals surface area (Å²) < 4.78 is 60.1. The maximum Gasteiger partial charge on any atom is 0.413 e. The molecule has 142 valence electrons. The minimum atomic E-state index is -3.79. The van der Waals surface area contributed by atoms with Gasteiger partial charge < -0.3 is 9.47 Å². The summed E-state index contributed by atoms with van der Waals surface area (Å²) in [4.78, 5) is 15.3. The Morgan fingerprint density at radius 1 is 1.28 bits per heavy atom. The third-order valence-electron chi connectivity index (χ3n) is 2.65. The SMILES string of the molecule is CCS(=O)(=O)c1cc(OCC(C)(F)F)cnc1NC(=O)OC(C)(C)C. The van der Waals surface area contributed by atoms with Crippen molar-refractivity contribution in [2.45, 2.75) is 51.0 Å². The molecule has 1 aromatic rings. The topological polar surface area (TPSA) is 94.6 Å². The lowest BCUT2D eigenvalue weighted by Crippen LogP contribution is -2.28. The van der Waals surface area contributed by atoms with Gasteiger partial charge in [-0.2, -0.15) is 0 Å². The molecule has 0 unspecified atom stereocenters. The van der Waals surface area contributed by atoms with Crippen LogP contribution in [-0.4, -0.2) is 43.4 Å². The highest BCUT2D eigenvalue weighted by molar-refractivity contribution is 7.91. The highest BCUT2D eigenvalue weighted by Crippen LogP contribution is 2.26. The summed E-state index contributed by atoms with van der Waals surface area (Å²) in [6.45, 7) is 6.07. The molecule has 0 spiro atoms. The molecule has 7 nitrogen and oxygen atoms in total. The van der Waals surface area contributed by atoms with Gasteiger partial charge in [-0.25, -0.2) is 27.0 Å². The summed E-state index contributed by atoms with van der Waals surface area (Å²) in [5.74, 6) is -3.77. The van der Waals surface area contributed by atoms with Crippen LogP contribution in [-0.2, 0) is 14.6 Å². The van der Waals surface area contributed by atoms with Crippen LogP contribution in [0.5, 0.6) is 5.75 Å². The van der Waals surface area contributed by atoms with Crippen molar-refractivity contribution in [2.75, 3.05) is 17.7 Å². The molecule has 0 aromatic carbocycles. The molecule has 0 bridgehead atoms. The summed E-state index contributed by atoms with van der Waals surface area (Å²) in [5, 5.41) is 2.25. The zero-order chi connectivity index (χ0) is 19.5. The number of ether oxygens (including phenoxy) is 2. The maximum absolute atomic E-state index is 12.9. The van der Waals surface area contributed by atoms with E-state index in [1.54, 1.807) is 20.8 Å². The van der Waals surface area contributed by atoms with E-state index in [1.807, 2.05) is 0 Å². The zero-order valence-electron chi connectivity index (χ0n) is 14.7. The van der Waals surface area contributed by atoms with Gasteiger partial charge in [0.1, 0.15) is 16.2 Å². The minimum Gasteiger partial charge on any atom is -0.486 e. The number of amides is 1. The lowest BCUT2D eigenvalue weighted by Gasteiger charge is -2.20. The lowest BCUT2D eigenvalue weighted by molar-refractivity contribution is -0.0231. The van der Waals surface area contributed by atoms with E-state index >= 15 is 0 Å². The number of hydrogen-bond donors (Lipinski definition) is 1. The first-order valence-corrected chi connectivity index (χ1v) is 9.12. The Labute approximate surface area is 145 Å². The fourth-order valence-electron chi connectivity index (χ4n) is 1.60. The number of pyridine rings is 1. The second kappa shape index (κ2) is 7.51. The van der Waals surface area contributed by atoms with Crippen LogP contribution in [0.4, 0.5) is 19.4 Å². The number of aromatic nitrogens is 1. The predicted molar refractivity (Wildman–Crippen MR) is 87.9 cm³/mol. The van der Waals surface area contributed by atoms with Crippen molar-refractivity contribution >= 4 is 21.7 Å². The fourth-order valence-corrected chi connectivity index (χ4v) is 2.61. The fraction of sp³-hybridized carbons (Fsp3) is 0.600. The van der Waals surface area contributed by atoms with Crippen molar-refractivity contribution in [1.82, 2.24) is 4.98 Å². The van der Waals surface area contributed by atoms with Crippen molar-refractivity contribution in [1.29, 1.82) is 0 Å². The van der Waals surface area contributed by atoms with E-state index in [2.05, 4.69) is 10.3 Å². The first-order valence-electron chi connectivity index (χ1n) is 7.47. The maximum atomic E-state index is 12.9. The molecule has 1 rings (SSSR count). The zero-order valence-corrected chi connectivity index (χ0v) is 15.5. The molecule has 1 amide bonds. The van der Waals surface area contributed by atoms with Crippen LogP contribution in [0.3, 0.4) is 0 Å². The highest BCUT2D eigenvalue weighted by atomic mass is 32.2. The van der Waals surface area contributed by atoms with E-state index in [4.69, 9.17) is 9.47 Å². The molecule has 1 heterocycles. The van der Waals surface area contributed by atoms with Gasteiger partial charge >= 0.3 is 6.09 Å². The van der Waals surface area contributed by atoms with Gasteiger partial charge in [0.05, 0.1) is 11.9 Å². The van der Waals surface area contributed by atoms with Crippen LogP contribution >= 0.6 is 0 Å². The molecule has 0 aliphatic rings. The highest BCUT2D eigenvalue weighted by Gasteiger charge is 2.25. The van der Waals surface area contributed by atoms with Crippen LogP contribution in [0.15, 0.2) is 17.2 Å². The number of nitrogens with zero attached hydrogens (tertiary/aromatic N) is 1. The monoisotopic (exact) mass is 380 g/mol. The number of halogens is 2. The van der Waals surface area contributed by atoms with Crippen LogP contribution in [0.25, 0.3) is 0 Å². The average molecular weight is 380 g/mol. The van der Waals surface area contributed by atoms with Crippen LogP contribution in [0.2, 0.25) is 0 Å². The third kappa shape index (κ3) is 7.20. The summed E-state index contributed by atoms with van der Waals surface area (Å²) in [6, 6.07) is 1.05. The van der Waals surface area contributed by atoms with Crippen LogP contribution in [0, 0.1) is 0 Å². The number of nitrogens with one attached hydrogen (secondary N) is 1. The molecule has 0 saturated carbocycles. The molecule has 0 fully saturated rings. The Bertz CT molecular complexity index is 724. The number of sulfone groups is 1. The van der Waals surface area contributed by atoms with E-state index in [-0.39, 0.29) is 22.2 Å². The van der Waals surface area contributed by atoms with Gasteiger partial charge in [-0.1, -0.05) is 6.92 Å². The summed E-state index contributed by atoms with van der Waals surface area (Å²) in [5.41, 5.74) is -0.788. The standard InChI is InChI=1S/C15H22F2N2O5S/c1-6-25(21,22)11-7-10(23-9-15(5,16)17)8-18-12(11)19-13(20)24-14(2,3)4/h7-8H,6,9H2,1-5H3,(H,18,19,20). The molecule has 1 N–H and O–H groups in total. The molecule has 0 atom stereocenters. The second-order valence-electron chi connectivity index (χ2n) is 6.41. The van der Waals surface area contributed by atoms with E-state index < -0.39 is 34.1 Å². The molecular weight excluding hydrogens is 358 g/mol. The van der Waals surface area contributed by atoms with Gasteiger partial charge in [0, 0.05) is 13.0 Å². The number of carbonyl (C=O) groups excluding carboxylic acids is 1. The van der Waals surface area contributed by atoms with Crippen LogP contribution < -0.4 is 10.1 Å². The quantitative estimate of drug-likeness (QED) is 0.814. The predicted octanol–water partition coefficient (Wildman–Crippen LogP) is 3.26. The number of rotatable bonds is 6. The smallest absolute Gasteiger partial charge is 0.413 e. The Hall–Kier alpha value is -1.97. The van der Waals surface area contributed by atoms with Crippen molar-refractivity contribution in [3.63, 3.8) is 0 Å². The molecule has 0 radical (unpaired) electrons. The lowest BCUT2D eigenvalue weighted by atomic mass is 10.2. The van der Waals surface area contributed by atoms with E-state index in [1.165, 1.54) is 6.92 Å². The summed E-state index contributed by atoms with van der Waals surface area (Å²) in [6.07, 6.45) is 0.161. The summed E-state index contributed by atoms with van der Waals surface area (Å²) in [7, 11) is -3.79. The average Bonchev–Trinajstić information content (AvgIpc) is 2.43. The second-order valence-corrected chi connectivity index (χ2v) is 8.65. The Morgan fingerprint density at radius 2 is 1.88 bits per heavy atom. The van der Waals surface area contributed by atoms with Crippen molar-refractivity contribution in [3.05, 3.63) is 12.3 Å². The molecule has 0 aliphatic heterocycles. The van der Waals surface area contributed by atoms with Crippen molar-refractivity contribution < 1.29 is 31.5 Å². The molecular formula is C15H22F2N2O5S. The summed E-state index contributed by atoms with van der Waals surface area (Å²) >= 11 is 0. The van der Waals surface area contributed by atoms with Gasteiger partial charge in [0.25, 0.3) is 5.92 Å². The number of carbonyl (C=O) groups is 1. The Balaban J connectivity index is 3.14. The van der Waals surface area contributed by atoms with Gasteiger partial charge in [0.2, 0.25) is 0 Å². The first kappa shape index (κ1) is 21.1. The number of anilines is 1. The van der Waals surface area contributed by atoms with E-state index in [0.29, 0.717) is 6.92 Å². The number of alkyl halides is 2.